The Balaban J connectivity index is 1.76. The summed E-state index contributed by atoms with van der Waals surface area (Å²) >= 11 is 6.07. The van der Waals surface area contributed by atoms with Crippen LogP contribution in [0.3, 0.4) is 0 Å². The third kappa shape index (κ3) is 2.95. The minimum absolute atomic E-state index is 0.211. The minimum Gasteiger partial charge on any atom is -0.486 e. The second-order valence-corrected chi connectivity index (χ2v) is 5.01. The molecule has 0 atom stereocenters. The molecule has 3 rings (SSSR count). The zero-order valence-electron chi connectivity index (χ0n) is 11.3. The number of halogens is 1. The highest BCUT2D eigenvalue weighted by Gasteiger charge is 2.20. The first-order valence-electron chi connectivity index (χ1n) is 6.66. The van der Waals surface area contributed by atoms with Crippen molar-refractivity contribution in [2.24, 2.45) is 0 Å². The van der Waals surface area contributed by atoms with Gasteiger partial charge in [-0.3, -0.25) is 4.79 Å². The molecule has 0 aliphatic carbocycles. The van der Waals surface area contributed by atoms with E-state index >= 15 is 0 Å². The van der Waals surface area contributed by atoms with Gasteiger partial charge in [0.05, 0.1) is 5.56 Å². The van der Waals surface area contributed by atoms with Crippen LogP contribution in [0.5, 0.6) is 11.5 Å². The molecule has 4 nitrogen and oxygen atoms in total. The van der Waals surface area contributed by atoms with Gasteiger partial charge in [-0.15, -0.1) is 0 Å². The quantitative estimate of drug-likeness (QED) is 0.948. The molecule has 108 valence electrons. The van der Waals surface area contributed by atoms with Crippen molar-refractivity contribution in [3.8, 4) is 11.5 Å². The van der Waals surface area contributed by atoms with Crippen LogP contribution in [0.1, 0.15) is 15.9 Å². The largest absolute Gasteiger partial charge is 0.486 e. The number of rotatable bonds is 3. The number of hydrogen-bond acceptors (Lipinski definition) is 3. The van der Waals surface area contributed by atoms with Gasteiger partial charge in [0.15, 0.2) is 11.5 Å². The second kappa shape index (κ2) is 6.06. The molecule has 1 aliphatic rings. The first kappa shape index (κ1) is 13.8. The van der Waals surface area contributed by atoms with Crippen molar-refractivity contribution >= 4 is 17.5 Å². The highest BCUT2D eigenvalue weighted by atomic mass is 35.5. The summed E-state index contributed by atoms with van der Waals surface area (Å²) in [6, 6.07) is 12.7. The number of para-hydroxylation sites is 1. The molecule has 0 bridgehead atoms. The fraction of sp³-hybridized carbons (Fsp3) is 0.188. The van der Waals surface area contributed by atoms with Crippen molar-refractivity contribution in [2.75, 3.05) is 13.2 Å². The van der Waals surface area contributed by atoms with E-state index < -0.39 is 0 Å². The van der Waals surface area contributed by atoms with E-state index in [1.54, 1.807) is 24.3 Å². The van der Waals surface area contributed by atoms with Crippen molar-refractivity contribution < 1.29 is 14.3 Å². The Morgan fingerprint density at radius 1 is 1.10 bits per heavy atom. The van der Waals surface area contributed by atoms with Crippen molar-refractivity contribution in [3.63, 3.8) is 0 Å². The maximum Gasteiger partial charge on any atom is 0.255 e. The first-order valence-corrected chi connectivity index (χ1v) is 7.04. The Hall–Kier alpha value is -2.20. The summed E-state index contributed by atoms with van der Waals surface area (Å²) in [6.45, 7) is 1.31. The van der Waals surface area contributed by atoms with Crippen molar-refractivity contribution in [3.05, 3.63) is 58.6 Å². The Kier molecular flexibility index (Phi) is 3.97. The Labute approximate surface area is 127 Å². The number of nitrogens with one attached hydrogen (secondary N) is 1. The predicted octanol–water partition coefficient (Wildman–Crippen LogP) is 3.04. The molecular formula is C16H14ClNO3. The number of carbonyl (C=O) groups excluding carboxylic acids is 1. The summed E-state index contributed by atoms with van der Waals surface area (Å²) in [5, 5.41) is 3.48. The van der Waals surface area contributed by atoms with E-state index in [-0.39, 0.29) is 5.91 Å². The van der Waals surface area contributed by atoms with Gasteiger partial charge in [-0.1, -0.05) is 35.9 Å². The van der Waals surface area contributed by atoms with Crippen molar-refractivity contribution in [1.82, 2.24) is 5.32 Å². The normalized spacial score (nSPS) is 12.8. The molecule has 0 fully saturated rings. The highest BCUT2D eigenvalue weighted by molar-refractivity contribution is 6.31. The van der Waals surface area contributed by atoms with Gasteiger partial charge in [-0.25, -0.2) is 0 Å². The van der Waals surface area contributed by atoms with Gasteiger partial charge < -0.3 is 14.8 Å². The van der Waals surface area contributed by atoms with Crippen LogP contribution in [-0.4, -0.2) is 19.1 Å². The molecule has 1 aliphatic heterocycles. The van der Waals surface area contributed by atoms with Gasteiger partial charge in [0, 0.05) is 11.6 Å². The van der Waals surface area contributed by atoms with E-state index in [4.69, 9.17) is 21.1 Å². The molecule has 0 saturated carbocycles. The van der Waals surface area contributed by atoms with Crippen LogP contribution in [0, 0.1) is 0 Å². The number of amides is 1. The van der Waals surface area contributed by atoms with Crippen LogP contribution in [0.2, 0.25) is 5.02 Å². The van der Waals surface area contributed by atoms with Gasteiger partial charge in [-0.2, -0.15) is 0 Å². The molecule has 0 spiro atoms. The van der Waals surface area contributed by atoms with Gasteiger partial charge in [-0.05, 0) is 23.8 Å². The molecule has 1 amide bonds. The number of carbonyl (C=O) groups is 1. The molecule has 21 heavy (non-hydrogen) atoms. The minimum atomic E-state index is -0.211. The molecule has 2 aromatic rings. The number of benzene rings is 2. The Morgan fingerprint density at radius 3 is 2.76 bits per heavy atom. The standard InChI is InChI=1S/C16H14ClNO3/c17-13-6-2-1-4-11(13)10-18-16(19)12-5-3-7-14-15(12)21-9-8-20-14/h1-7H,8-10H2,(H,18,19). The van der Waals surface area contributed by atoms with Crippen LogP contribution in [-0.2, 0) is 6.54 Å². The molecule has 1 N–H and O–H groups in total. The predicted molar refractivity (Wildman–Crippen MR) is 80.1 cm³/mol. The monoisotopic (exact) mass is 303 g/mol. The molecule has 2 aromatic carbocycles. The van der Waals surface area contributed by atoms with E-state index in [9.17, 15) is 4.79 Å². The summed E-state index contributed by atoms with van der Waals surface area (Å²) in [6.07, 6.45) is 0. The smallest absolute Gasteiger partial charge is 0.255 e. The number of ether oxygens (including phenoxy) is 2. The Bertz CT molecular complexity index is 672. The Morgan fingerprint density at radius 2 is 1.90 bits per heavy atom. The second-order valence-electron chi connectivity index (χ2n) is 4.60. The number of fused-ring (bicyclic) bond motifs is 1. The lowest BCUT2D eigenvalue weighted by Crippen LogP contribution is -2.25. The summed E-state index contributed by atoms with van der Waals surface area (Å²) in [7, 11) is 0. The lowest BCUT2D eigenvalue weighted by atomic mass is 10.1. The average Bonchev–Trinajstić information content (AvgIpc) is 2.53. The third-order valence-electron chi connectivity index (χ3n) is 3.21. The van der Waals surface area contributed by atoms with Crippen LogP contribution >= 0.6 is 11.6 Å². The first-order chi connectivity index (χ1) is 10.3. The molecule has 5 heteroatoms. The average molecular weight is 304 g/mol. The molecule has 0 saturated heterocycles. The van der Waals surface area contributed by atoms with Crippen LogP contribution in [0.4, 0.5) is 0 Å². The third-order valence-corrected chi connectivity index (χ3v) is 3.58. The summed E-state index contributed by atoms with van der Waals surface area (Å²) in [4.78, 5) is 12.3. The van der Waals surface area contributed by atoms with Crippen molar-refractivity contribution in [1.29, 1.82) is 0 Å². The fourth-order valence-electron chi connectivity index (χ4n) is 2.17. The molecule has 0 aromatic heterocycles. The molecule has 1 heterocycles. The molecular weight excluding hydrogens is 290 g/mol. The highest BCUT2D eigenvalue weighted by Crippen LogP contribution is 2.33. The maximum atomic E-state index is 12.3. The molecule has 0 unspecified atom stereocenters. The van der Waals surface area contributed by atoms with Crippen LogP contribution in [0.15, 0.2) is 42.5 Å². The summed E-state index contributed by atoms with van der Waals surface area (Å²) in [5.74, 6) is 0.893. The zero-order valence-corrected chi connectivity index (χ0v) is 12.0. The van der Waals surface area contributed by atoms with Gasteiger partial charge in [0.2, 0.25) is 0 Å². The SMILES string of the molecule is O=C(NCc1ccccc1Cl)c1cccc2c1OCCO2. The topological polar surface area (TPSA) is 47.6 Å². The van der Waals surface area contributed by atoms with E-state index in [0.29, 0.717) is 41.8 Å². The van der Waals surface area contributed by atoms with Crippen LogP contribution in [0.25, 0.3) is 0 Å². The summed E-state index contributed by atoms with van der Waals surface area (Å²) < 4.78 is 11.0. The zero-order chi connectivity index (χ0) is 14.7. The lowest BCUT2D eigenvalue weighted by Gasteiger charge is -2.20. The van der Waals surface area contributed by atoms with E-state index in [1.165, 1.54) is 0 Å². The van der Waals surface area contributed by atoms with E-state index in [1.807, 2.05) is 18.2 Å². The lowest BCUT2D eigenvalue weighted by molar-refractivity contribution is 0.0940. The fourth-order valence-corrected chi connectivity index (χ4v) is 2.37. The summed E-state index contributed by atoms with van der Waals surface area (Å²) in [5.41, 5.74) is 1.34. The number of hydrogen-bond donors (Lipinski definition) is 1. The molecule has 0 radical (unpaired) electrons. The van der Waals surface area contributed by atoms with Crippen LogP contribution < -0.4 is 14.8 Å². The van der Waals surface area contributed by atoms with Crippen molar-refractivity contribution in [2.45, 2.75) is 6.54 Å². The van der Waals surface area contributed by atoms with Gasteiger partial charge >= 0.3 is 0 Å². The van der Waals surface area contributed by atoms with E-state index in [2.05, 4.69) is 5.32 Å². The maximum absolute atomic E-state index is 12.3. The van der Waals surface area contributed by atoms with E-state index in [0.717, 1.165) is 5.56 Å². The van der Waals surface area contributed by atoms with Gasteiger partial charge in [0.25, 0.3) is 5.91 Å². The van der Waals surface area contributed by atoms with Gasteiger partial charge in [0.1, 0.15) is 13.2 Å².